The third kappa shape index (κ3) is 2.65. The van der Waals surface area contributed by atoms with E-state index in [1.807, 2.05) is 30.3 Å². The molecule has 4 rings (SSSR count). The molecule has 0 spiro atoms. The molecule has 25 heavy (non-hydrogen) atoms. The highest BCUT2D eigenvalue weighted by Gasteiger charge is 2.28. The topological polar surface area (TPSA) is 93.5 Å². The highest BCUT2D eigenvalue weighted by molar-refractivity contribution is 5.97. The second kappa shape index (κ2) is 5.73. The van der Waals surface area contributed by atoms with Crippen LogP contribution in [0.3, 0.4) is 0 Å². The molecule has 0 bridgehead atoms. The van der Waals surface area contributed by atoms with Gasteiger partial charge in [-0.1, -0.05) is 35.5 Å². The largest absolute Gasteiger partial charge is 0.409 e. The van der Waals surface area contributed by atoms with E-state index in [0.717, 1.165) is 35.3 Å². The van der Waals surface area contributed by atoms with Gasteiger partial charge in [-0.05, 0) is 36.1 Å². The van der Waals surface area contributed by atoms with Gasteiger partial charge in [-0.15, -0.1) is 0 Å². The molecule has 3 N–H and O–H groups in total. The van der Waals surface area contributed by atoms with Gasteiger partial charge < -0.3 is 10.9 Å². The third-order valence-electron chi connectivity index (χ3n) is 4.67. The summed E-state index contributed by atoms with van der Waals surface area (Å²) < 4.78 is 1.67. The van der Waals surface area contributed by atoms with Crippen LogP contribution in [0.1, 0.15) is 30.1 Å². The number of nitrogens with zero attached hydrogens (tertiary/aromatic N) is 3. The van der Waals surface area contributed by atoms with Crippen molar-refractivity contribution in [3.8, 4) is 11.1 Å². The molecule has 0 saturated heterocycles. The van der Waals surface area contributed by atoms with Crippen molar-refractivity contribution in [2.45, 2.75) is 18.8 Å². The van der Waals surface area contributed by atoms with Crippen LogP contribution in [0.25, 0.3) is 22.0 Å². The molecular weight excluding hydrogens is 316 g/mol. The van der Waals surface area contributed by atoms with E-state index in [1.54, 1.807) is 23.7 Å². The Bertz CT molecular complexity index is 1050. The van der Waals surface area contributed by atoms with Crippen LogP contribution in [0.2, 0.25) is 0 Å². The van der Waals surface area contributed by atoms with Gasteiger partial charge in [-0.2, -0.15) is 0 Å². The van der Waals surface area contributed by atoms with Gasteiger partial charge in [-0.3, -0.25) is 9.36 Å². The first-order valence-electron chi connectivity index (χ1n) is 8.17. The van der Waals surface area contributed by atoms with Crippen molar-refractivity contribution in [3.05, 3.63) is 64.2 Å². The number of hydrogen-bond donors (Lipinski definition) is 2. The maximum Gasteiger partial charge on any atom is 0.261 e. The second-order valence-corrected chi connectivity index (χ2v) is 6.40. The molecule has 126 valence electrons. The van der Waals surface area contributed by atoms with Gasteiger partial charge in [0, 0.05) is 18.5 Å². The van der Waals surface area contributed by atoms with Crippen molar-refractivity contribution < 1.29 is 5.21 Å². The van der Waals surface area contributed by atoms with Crippen molar-refractivity contribution in [1.82, 2.24) is 9.55 Å². The standard InChI is InChI=1S/C19H18N4O2/c1-23-18(13-6-7-13)21-16-9-8-14(10-15(16)19(23)24)11-2-4-12(5-3-11)17(20)22-25/h2-5,8-10,13,25H,6-7H2,1H3,(H2,20,22). The highest BCUT2D eigenvalue weighted by atomic mass is 16.4. The van der Waals surface area contributed by atoms with Gasteiger partial charge in [-0.25, -0.2) is 4.98 Å². The Morgan fingerprint density at radius 1 is 1.20 bits per heavy atom. The first-order chi connectivity index (χ1) is 12.1. The smallest absolute Gasteiger partial charge is 0.261 e. The van der Waals surface area contributed by atoms with Crippen molar-refractivity contribution in [3.63, 3.8) is 0 Å². The predicted molar refractivity (Wildman–Crippen MR) is 96.9 cm³/mol. The molecular formula is C19H18N4O2. The zero-order valence-corrected chi connectivity index (χ0v) is 13.8. The highest BCUT2D eigenvalue weighted by Crippen LogP contribution is 2.38. The average Bonchev–Trinajstić information content (AvgIpc) is 3.49. The number of nitrogens with two attached hydrogens (primary N) is 1. The fourth-order valence-electron chi connectivity index (χ4n) is 3.07. The molecule has 0 atom stereocenters. The fourth-order valence-corrected chi connectivity index (χ4v) is 3.07. The lowest BCUT2D eigenvalue weighted by Crippen LogP contribution is -2.22. The zero-order chi connectivity index (χ0) is 17.6. The molecule has 1 aromatic heterocycles. The van der Waals surface area contributed by atoms with Gasteiger partial charge in [0.15, 0.2) is 5.84 Å². The summed E-state index contributed by atoms with van der Waals surface area (Å²) in [5.74, 6) is 1.37. The molecule has 1 fully saturated rings. The Kier molecular flexibility index (Phi) is 3.53. The summed E-state index contributed by atoms with van der Waals surface area (Å²) in [6, 6.07) is 13.1. The molecule has 1 aliphatic carbocycles. The molecule has 1 aliphatic rings. The Balaban J connectivity index is 1.80. The number of aromatic nitrogens is 2. The second-order valence-electron chi connectivity index (χ2n) is 6.40. The lowest BCUT2D eigenvalue weighted by atomic mass is 10.0. The van der Waals surface area contributed by atoms with Crippen molar-refractivity contribution in [2.75, 3.05) is 0 Å². The quantitative estimate of drug-likeness (QED) is 0.333. The summed E-state index contributed by atoms with van der Waals surface area (Å²) >= 11 is 0. The summed E-state index contributed by atoms with van der Waals surface area (Å²) in [5.41, 5.74) is 8.83. The van der Waals surface area contributed by atoms with Gasteiger partial charge >= 0.3 is 0 Å². The number of fused-ring (bicyclic) bond motifs is 1. The Hall–Kier alpha value is -3.15. The van der Waals surface area contributed by atoms with Crippen molar-refractivity contribution in [2.24, 2.45) is 17.9 Å². The van der Waals surface area contributed by atoms with Gasteiger partial charge in [0.05, 0.1) is 10.9 Å². The molecule has 3 aromatic rings. The van der Waals surface area contributed by atoms with Crippen LogP contribution in [-0.4, -0.2) is 20.6 Å². The first kappa shape index (κ1) is 15.4. The lowest BCUT2D eigenvalue weighted by Gasteiger charge is -2.10. The molecule has 2 aromatic carbocycles. The molecule has 6 nitrogen and oxygen atoms in total. The minimum absolute atomic E-state index is 0.0120. The van der Waals surface area contributed by atoms with Crippen molar-refractivity contribution in [1.29, 1.82) is 0 Å². The maximum atomic E-state index is 12.7. The molecule has 0 aliphatic heterocycles. The lowest BCUT2D eigenvalue weighted by molar-refractivity contribution is 0.318. The van der Waals surface area contributed by atoms with E-state index in [-0.39, 0.29) is 11.4 Å². The van der Waals surface area contributed by atoms with Crippen LogP contribution < -0.4 is 11.3 Å². The van der Waals surface area contributed by atoms with E-state index in [4.69, 9.17) is 10.9 Å². The molecule has 1 saturated carbocycles. The third-order valence-corrected chi connectivity index (χ3v) is 4.67. The number of hydrogen-bond acceptors (Lipinski definition) is 4. The molecule has 0 unspecified atom stereocenters. The van der Waals surface area contributed by atoms with E-state index < -0.39 is 0 Å². The number of amidine groups is 1. The Labute approximate surface area is 144 Å². The van der Waals surface area contributed by atoms with Crippen LogP contribution in [0.15, 0.2) is 52.4 Å². The molecule has 6 heteroatoms. The van der Waals surface area contributed by atoms with Crippen molar-refractivity contribution >= 4 is 16.7 Å². The average molecular weight is 334 g/mol. The maximum absolute atomic E-state index is 12.7. The first-order valence-corrected chi connectivity index (χ1v) is 8.17. The van der Waals surface area contributed by atoms with Crippen LogP contribution in [0.5, 0.6) is 0 Å². The zero-order valence-electron chi connectivity index (χ0n) is 13.8. The normalized spacial score (nSPS) is 14.8. The molecule has 0 amide bonds. The van der Waals surface area contributed by atoms with E-state index >= 15 is 0 Å². The van der Waals surface area contributed by atoms with Crippen LogP contribution in [-0.2, 0) is 7.05 Å². The van der Waals surface area contributed by atoms with E-state index in [2.05, 4.69) is 10.1 Å². The van der Waals surface area contributed by atoms with Gasteiger partial charge in [0.1, 0.15) is 5.82 Å². The summed E-state index contributed by atoms with van der Waals surface area (Å²) in [5, 5.41) is 12.3. The monoisotopic (exact) mass is 334 g/mol. The predicted octanol–water partition coefficient (Wildman–Crippen LogP) is 2.57. The van der Waals surface area contributed by atoms with E-state index in [0.29, 0.717) is 16.9 Å². The minimum Gasteiger partial charge on any atom is -0.409 e. The summed E-state index contributed by atoms with van der Waals surface area (Å²) in [6.45, 7) is 0. The van der Waals surface area contributed by atoms with Crippen LogP contribution in [0, 0.1) is 0 Å². The van der Waals surface area contributed by atoms with E-state index in [1.165, 1.54) is 0 Å². The molecule has 1 heterocycles. The van der Waals surface area contributed by atoms with Gasteiger partial charge in [0.2, 0.25) is 0 Å². The summed E-state index contributed by atoms with van der Waals surface area (Å²) in [4.78, 5) is 17.4. The number of rotatable bonds is 3. The van der Waals surface area contributed by atoms with Crippen LogP contribution in [0.4, 0.5) is 0 Å². The summed E-state index contributed by atoms with van der Waals surface area (Å²) in [6.07, 6.45) is 2.22. The van der Waals surface area contributed by atoms with Gasteiger partial charge in [0.25, 0.3) is 5.56 Å². The minimum atomic E-state index is -0.0120. The van der Waals surface area contributed by atoms with E-state index in [9.17, 15) is 4.79 Å². The SMILES string of the molecule is Cn1c(C2CC2)nc2ccc(-c3ccc(/C(N)=N\O)cc3)cc2c1=O. The Morgan fingerprint density at radius 3 is 2.52 bits per heavy atom. The fraction of sp³-hybridized carbons (Fsp3) is 0.211. The number of benzene rings is 2. The number of oxime groups is 1. The summed E-state index contributed by atoms with van der Waals surface area (Å²) in [7, 11) is 1.79. The van der Waals surface area contributed by atoms with Crippen LogP contribution >= 0.6 is 0 Å². The molecule has 0 radical (unpaired) electrons. The Morgan fingerprint density at radius 2 is 1.88 bits per heavy atom.